The van der Waals surface area contributed by atoms with Gasteiger partial charge in [-0.3, -0.25) is 0 Å². The third-order valence-corrected chi connectivity index (χ3v) is 7.65. The van der Waals surface area contributed by atoms with E-state index in [1.165, 1.54) is 0 Å². The molecule has 0 N–H and O–H groups in total. The molecule has 0 aliphatic rings. The third-order valence-electron chi connectivity index (χ3n) is 4.94. The van der Waals surface area contributed by atoms with Gasteiger partial charge in [-0.2, -0.15) is 0 Å². The first-order valence-electron chi connectivity index (χ1n) is 12.8. The van der Waals surface area contributed by atoms with Crippen molar-refractivity contribution in [3.05, 3.63) is 0 Å². The Kier molecular flexibility index (Phi) is 15.0. The Labute approximate surface area is 210 Å². The van der Waals surface area contributed by atoms with Crippen molar-refractivity contribution in [2.75, 3.05) is 0 Å². The number of nitrogens with zero attached hydrogens (tertiary/aromatic N) is 4. The Bertz CT molecular complexity index is 405. The van der Waals surface area contributed by atoms with E-state index in [1.807, 2.05) is 20.3 Å². The summed E-state index contributed by atoms with van der Waals surface area (Å²) in [6, 6.07) is 0.966. The summed E-state index contributed by atoms with van der Waals surface area (Å²) in [5.74, 6) is 0. The Morgan fingerprint density at radius 3 is 0.515 bits per heavy atom. The van der Waals surface area contributed by atoms with Crippen molar-refractivity contribution in [3.63, 3.8) is 0 Å². The molecular formula is C24H56N4O4Ti. The maximum absolute atomic E-state index is 6.78. The molecule has 0 aliphatic carbocycles. The fourth-order valence-electron chi connectivity index (χ4n) is 3.84. The first kappa shape index (κ1) is 33.4. The van der Waals surface area contributed by atoms with Gasteiger partial charge in [0, 0.05) is 0 Å². The molecule has 0 aromatic heterocycles. The van der Waals surface area contributed by atoms with Gasteiger partial charge < -0.3 is 0 Å². The maximum atomic E-state index is 6.78. The van der Waals surface area contributed by atoms with Crippen LogP contribution in [0.1, 0.15) is 111 Å². The molecule has 0 heterocycles. The second kappa shape index (κ2) is 14.8. The van der Waals surface area contributed by atoms with Crippen LogP contribution in [-0.2, 0) is 31.8 Å². The second-order valence-electron chi connectivity index (χ2n) is 11.1. The van der Waals surface area contributed by atoms with Crippen LogP contribution in [0.25, 0.3) is 0 Å². The van der Waals surface area contributed by atoms with E-state index in [4.69, 9.17) is 13.7 Å². The van der Waals surface area contributed by atoms with E-state index in [1.54, 1.807) is 0 Å². The summed E-state index contributed by atoms with van der Waals surface area (Å²) in [4.78, 5) is 0. The van der Waals surface area contributed by atoms with Crippen molar-refractivity contribution in [1.82, 2.24) is 20.3 Å². The Morgan fingerprint density at radius 1 is 0.303 bits per heavy atom. The van der Waals surface area contributed by atoms with Crippen molar-refractivity contribution < 1.29 is 31.8 Å². The van der Waals surface area contributed by atoms with Crippen LogP contribution in [0.2, 0.25) is 0 Å². The van der Waals surface area contributed by atoms with Gasteiger partial charge >= 0.3 is 211 Å². The molecular weight excluding hydrogens is 456 g/mol. The van der Waals surface area contributed by atoms with Gasteiger partial charge in [0.05, 0.1) is 0 Å². The Hall–Kier alpha value is 0.394. The van der Waals surface area contributed by atoms with Crippen LogP contribution in [0.3, 0.4) is 0 Å². The SMILES string of the molecule is CC(C)N([O][Ti]([O]N(C(C)C)C(C)C)([O]N(C(C)C)C(C)C)[O]N(C(C)C)C(C)C)C(C)C. The minimum absolute atomic E-state index is 0.121. The molecule has 0 amide bonds. The molecule has 9 heteroatoms. The topological polar surface area (TPSA) is 49.9 Å². The fourth-order valence-corrected chi connectivity index (χ4v) is 8.40. The molecule has 0 aromatic carbocycles. The molecule has 0 bridgehead atoms. The van der Waals surface area contributed by atoms with E-state index < -0.39 is 18.1 Å². The zero-order valence-electron chi connectivity index (χ0n) is 24.5. The zero-order chi connectivity index (χ0) is 26.3. The van der Waals surface area contributed by atoms with Gasteiger partial charge in [-0.05, 0) is 0 Å². The summed E-state index contributed by atoms with van der Waals surface area (Å²) in [5.41, 5.74) is 0. The molecule has 0 saturated carbocycles. The van der Waals surface area contributed by atoms with Crippen molar-refractivity contribution in [2.24, 2.45) is 0 Å². The molecule has 0 saturated heterocycles. The molecule has 0 radical (unpaired) electrons. The summed E-state index contributed by atoms with van der Waals surface area (Å²) in [6.45, 7) is 33.8. The summed E-state index contributed by atoms with van der Waals surface area (Å²) >= 11 is -4.54. The predicted octanol–water partition coefficient (Wildman–Crippen LogP) is 6.00. The van der Waals surface area contributed by atoms with Crippen LogP contribution in [0, 0.1) is 0 Å². The summed E-state index contributed by atoms with van der Waals surface area (Å²) in [7, 11) is 0. The fraction of sp³-hybridized carbons (Fsp3) is 1.00. The molecule has 33 heavy (non-hydrogen) atoms. The average molecular weight is 513 g/mol. The van der Waals surface area contributed by atoms with Gasteiger partial charge in [0.1, 0.15) is 0 Å². The van der Waals surface area contributed by atoms with Gasteiger partial charge in [0.2, 0.25) is 0 Å². The van der Waals surface area contributed by atoms with Crippen LogP contribution in [-0.4, -0.2) is 68.6 Å². The molecule has 0 spiro atoms. The standard InChI is InChI=1S/4C6H14NO.Ti/c4*1-5(2)7(8)6(3)4;/h4*5-6H,1-4H3;/q4*-1;+4. The van der Waals surface area contributed by atoms with Gasteiger partial charge in [-0.25, -0.2) is 0 Å². The third kappa shape index (κ3) is 10.9. The Morgan fingerprint density at radius 2 is 0.424 bits per heavy atom. The van der Waals surface area contributed by atoms with E-state index in [9.17, 15) is 0 Å². The minimum atomic E-state index is -4.54. The van der Waals surface area contributed by atoms with Gasteiger partial charge in [0.25, 0.3) is 0 Å². The molecule has 8 nitrogen and oxygen atoms in total. The van der Waals surface area contributed by atoms with Crippen molar-refractivity contribution >= 4 is 0 Å². The van der Waals surface area contributed by atoms with Crippen LogP contribution < -0.4 is 0 Å². The van der Waals surface area contributed by atoms with E-state index in [2.05, 4.69) is 111 Å². The van der Waals surface area contributed by atoms with Gasteiger partial charge in [-0.15, -0.1) is 0 Å². The molecule has 0 atom stereocenters. The van der Waals surface area contributed by atoms with E-state index in [-0.39, 0.29) is 48.3 Å². The van der Waals surface area contributed by atoms with Crippen LogP contribution in [0.4, 0.5) is 0 Å². The predicted molar refractivity (Wildman–Crippen MR) is 133 cm³/mol. The van der Waals surface area contributed by atoms with E-state index >= 15 is 0 Å². The van der Waals surface area contributed by atoms with E-state index in [0.29, 0.717) is 0 Å². The Balaban J connectivity index is 6.80. The van der Waals surface area contributed by atoms with Crippen molar-refractivity contribution in [2.45, 2.75) is 159 Å². The molecule has 0 aromatic rings. The van der Waals surface area contributed by atoms with E-state index in [0.717, 1.165) is 0 Å². The first-order valence-corrected chi connectivity index (χ1v) is 15.4. The summed E-state index contributed by atoms with van der Waals surface area (Å²) in [6.07, 6.45) is 0. The summed E-state index contributed by atoms with van der Waals surface area (Å²) < 4.78 is 27.1. The summed E-state index contributed by atoms with van der Waals surface area (Å²) in [5, 5.41) is 7.82. The monoisotopic (exact) mass is 512 g/mol. The van der Waals surface area contributed by atoms with Crippen LogP contribution in [0.5, 0.6) is 0 Å². The molecule has 0 unspecified atom stereocenters. The number of rotatable bonds is 16. The van der Waals surface area contributed by atoms with Crippen LogP contribution >= 0.6 is 0 Å². The first-order chi connectivity index (χ1) is 15.0. The number of hydrogen-bond donors (Lipinski definition) is 0. The quantitative estimate of drug-likeness (QED) is 0.184. The van der Waals surface area contributed by atoms with Crippen LogP contribution in [0.15, 0.2) is 0 Å². The number of hydrogen-bond acceptors (Lipinski definition) is 8. The van der Waals surface area contributed by atoms with Gasteiger partial charge in [0.15, 0.2) is 0 Å². The molecule has 0 aliphatic heterocycles. The molecule has 0 rings (SSSR count). The normalized spacial score (nSPS) is 14.2. The second-order valence-corrected chi connectivity index (χ2v) is 13.8. The zero-order valence-corrected chi connectivity index (χ0v) is 26.1. The van der Waals surface area contributed by atoms with Crippen molar-refractivity contribution in [1.29, 1.82) is 0 Å². The van der Waals surface area contributed by atoms with Crippen molar-refractivity contribution in [3.8, 4) is 0 Å². The number of hydroxylamine groups is 8. The molecule has 0 fully saturated rings. The average Bonchev–Trinajstić information content (AvgIpc) is 2.64. The van der Waals surface area contributed by atoms with Gasteiger partial charge in [-0.1, -0.05) is 0 Å². The molecule has 200 valence electrons.